The van der Waals surface area contributed by atoms with Crippen molar-refractivity contribution in [2.75, 3.05) is 11.5 Å². The molecule has 0 heterocycles. The molecule has 0 aliphatic carbocycles. The molecule has 2 aromatic carbocycles. The van der Waals surface area contributed by atoms with Gasteiger partial charge in [-0.15, -0.1) is 0 Å². The van der Waals surface area contributed by atoms with Gasteiger partial charge in [0.15, 0.2) is 0 Å². The van der Waals surface area contributed by atoms with Crippen molar-refractivity contribution in [3.8, 4) is 0 Å². The minimum atomic E-state index is -4.48. The van der Waals surface area contributed by atoms with Crippen LogP contribution in [0.15, 0.2) is 53.4 Å². The van der Waals surface area contributed by atoms with Crippen molar-refractivity contribution in [3.63, 3.8) is 0 Å². The van der Waals surface area contributed by atoms with Gasteiger partial charge in [0.05, 0.1) is 16.6 Å². The second-order valence-corrected chi connectivity index (χ2v) is 6.73. The van der Waals surface area contributed by atoms with Gasteiger partial charge < -0.3 is 21.8 Å². The predicted molar refractivity (Wildman–Crippen MR) is 90.3 cm³/mol. The van der Waals surface area contributed by atoms with Crippen LogP contribution in [0.5, 0.6) is 0 Å². The number of benzene rings is 2. The quantitative estimate of drug-likeness (QED) is 0.564. The average Bonchev–Trinajstić information content (AvgIpc) is 2.45. The fourth-order valence-corrected chi connectivity index (χ4v) is 2.43. The Morgan fingerprint density at radius 1 is 1.13 bits per heavy atom. The second kappa shape index (κ2) is 8.52. The highest BCUT2D eigenvalue weighted by atomic mass is 32.2. The minimum Gasteiger partial charge on any atom is -0.744 e. The van der Waals surface area contributed by atoms with E-state index in [1.165, 1.54) is 24.1 Å². The Morgan fingerprint density at radius 2 is 1.74 bits per heavy atom. The summed E-state index contributed by atoms with van der Waals surface area (Å²) in [7, 11) is -4.48. The SMILES string of the molecule is CC([NH3+])CCc1ccccc1.Nc1ccc(S(=O)(=O)[O-])c(N)c1. The highest BCUT2D eigenvalue weighted by Gasteiger charge is 2.05. The molecule has 0 radical (unpaired) electrons. The summed E-state index contributed by atoms with van der Waals surface area (Å²) < 4.78 is 31.5. The van der Waals surface area contributed by atoms with Crippen LogP contribution in [-0.4, -0.2) is 19.0 Å². The third-order valence-corrected chi connectivity index (χ3v) is 3.98. The molecule has 2 rings (SSSR count). The van der Waals surface area contributed by atoms with E-state index < -0.39 is 15.0 Å². The van der Waals surface area contributed by atoms with E-state index in [1.807, 2.05) is 0 Å². The van der Waals surface area contributed by atoms with Gasteiger partial charge in [0.2, 0.25) is 0 Å². The van der Waals surface area contributed by atoms with Crippen molar-refractivity contribution < 1.29 is 18.7 Å². The van der Waals surface area contributed by atoms with Crippen molar-refractivity contribution in [1.82, 2.24) is 0 Å². The first-order chi connectivity index (χ1) is 10.7. The lowest BCUT2D eigenvalue weighted by atomic mass is 10.1. The highest BCUT2D eigenvalue weighted by molar-refractivity contribution is 7.86. The van der Waals surface area contributed by atoms with E-state index in [0.717, 1.165) is 12.5 Å². The van der Waals surface area contributed by atoms with Gasteiger partial charge >= 0.3 is 0 Å². The lowest BCUT2D eigenvalue weighted by Crippen LogP contribution is -2.59. The number of quaternary nitrogens is 1. The Labute approximate surface area is 137 Å². The van der Waals surface area contributed by atoms with E-state index in [0.29, 0.717) is 11.7 Å². The Bertz CT molecular complexity index is 717. The molecule has 1 atom stereocenters. The summed E-state index contributed by atoms with van der Waals surface area (Å²) in [6.07, 6.45) is 2.34. The van der Waals surface area contributed by atoms with Crippen LogP contribution in [0.4, 0.5) is 11.4 Å². The number of rotatable bonds is 4. The number of anilines is 2. The Kier molecular flexibility index (Phi) is 7.02. The number of hydrogen-bond acceptors (Lipinski definition) is 5. The van der Waals surface area contributed by atoms with E-state index in [2.05, 4.69) is 43.0 Å². The van der Waals surface area contributed by atoms with Gasteiger partial charge in [-0.1, -0.05) is 30.3 Å². The van der Waals surface area contributed by atoms with Crippen molar-refractivity contribution in [2.24, 2.45) is 0 Å². The normalized spacial score (nSPS) is 12.1. The van der Waals surface area contributed by atoms with Crippen molar-refractivity contribution in [2.45, 2.75) is 30.7 Å². The maximum Gasteiger partial charge on any atom is 0.126 e. The maximum absolute atomic E-state index is 10.5. The molecule has 0 saturated carbocycles. The molecule has 2 aromatic rings. The van der Waals surface area contributed by atoms with Gasteiger partial charge in [-0.05, 0) is 37.1 Å². The summed E-state index contributed by atoms with van der Waals surface area (Å²) in [5.41, 5.74) is 16.1. The molecule has 0 fully saturated rings. The van der Waals surface area contributed by atoms with Crippen LogP contribution in [0.3, 0.4) is 0 Å². The lowest BCUT2D eigenvalue weighted by molar-refractivity contribution is -0.415. The molecule has 0 amide bonds. The Hall–Kier alpha value is -2.09. The minimum absolute atomic E-state index is 0.120. The zero-order valence-electron chi connectivity index (χ0n) is 13.1. The second-order valence-electron chi connectivity index (χ2n) is 5.38. The van der Waals surface area contributed by atoms with Crippen LogP contribution in [-0.2, 0) is 16.5 Å². The molecule has 0 saturated heterocycles. The molecule has 6 nitrogen and oxygen atoms in total. The monoisotopic (exact) mass is 337 g/mol. The van der Waals surface area contributed by atoms with Crippen LogP contribution in [0.25, 0.3) is 0 Å². The van der Waals surface area contributed by atoms with Crippen LogP contribution in [0, 0.1) is 0 Å². The molecule has 1 unspecified atom stereocenters. The number of hydrogen-bond donors (Lipinski definition) is 3. The van der Waals surface area contributed by atoms with Crippen molar-refractivity contribution in [1.29, 1.82) is 0 Å². The molecular formula is C16H23N3O3S. The molecule has 126 valence electrons. The standard InChI is InChI=1S/C10H15N.C6H8N2O3S/c1-9(11)7-8-10-5-3-2-4-6-10;7-4-1-2-6(5(8)3-4)12(9,10)11/h2-6,9H,7-8,11H2,1H3;1-3H,7-8H2,(H,9,10,11). The molecule has 0 bridgehead atoms. The zero-order chi connectivity index (χ0) is 17.5. The van der Waals surface area contributed by atoms with Gasteiger partial charge in [-0.25, -0.2) is 8.42 Å². The third kappa shape index (κ3) is 7.14. The largest absolute Gasteiger partial charge is 0.744 e. The summed E-state index contributed by atoms with van der Waals surface area (Å²) in [5.74, 6) is 0. The van der Waals surface area contributed by atoms with Gasteiger partial charge in [0.1, 0.15) is 10.1 Å². The molecule has 23 heavy (non-hydrogen) atoms. The number of nitrogens with two attached hydrogens (primary N) is 2. The highest BCUT2D eigenvalue weighted by Crippen LogP contribution is 2.19. The summed E-state index contributed by atoms with van der Waals surface area (Å²) in [5, 5.41) is 0. The first kappa shape index (κ1) is 19.0. The fourth-order valence-electron chi connectivity index (χ4n) is 1.85. The van der Waals surface area contributed by atoms with Gasteiger partial charge in [-0.2, -0.15) is 0 Å². The number of nitrogen functional groups attached to an aromatic ring is 2. The van der Waals surface area contributed by atoms with Crippen LogP contribution >= 0.6 is 0 Å². The molecule has 0 aromatic heterocycles. The smallest absolute Gasteiger partial charge is 0.126 e. The summed E-state index contributed by atoms with van der Waals surface area (Å²) in [4.78, 5) is -0.434. The van der Waals surface area contributed by atoms with Crippen molar-refractivity contribution >= 4 is 21.5 Å². The molecule has 0 aliphatic rings. The fraction of sp³-hybridized carbons (Fsp3) is 0.250. The topological polar surface area (TPSA) is 137 Å². The summed E-state index contributed by atoms with van der Waals surface area (Å²) in [6, 6.07) is 14.8. The van der Waals surface area contributed by atoms with E-state index in [-0.39, 0.29) is 5.69 Å². The molecular weight excluding hydrogens is 314 g/mol. The third-order valence-electron chi connectivity index (χ3n) is 3.07. The molecule has 0 spiro atoms. The molecule has 0 aliphatic heterocycles. The van der Waals surface area contributed by atoms with Crippen LogP contribution < -0.4 is 17.2 Å². The van der Waals surface area contributed by atoms with Crippen LogP contribution in [0.2, 0.25) is 0 Å². The molecule has 7 N–H and O–H groups in total. The van der Waals surface area contributed by atoms with E-state index in [4.69, 9.17) is 11.5 Å². The van der Waals surface area contributed by atoms with Gasteiger partial charge in [-0.3, -0.25) is 0 Å². The van der Waals surface area contributed by atoms with Gasteiger partial charge in [0.25, 0.3) is 0 Å². The van der Waals surface area contributed by atoms with Gasteiger partial charge in [0, 0.05) is 12.1 Å². The average molecular weight is 337 g/mol. The zero-order valence-corrected chi connectivity index (χ0v) is 13.9. The first-order valence-corrected chi connectivity index (χ1v) is 8.59. The Balaban J connectivity index is 0.000000231. The molecule has 7 heteroatoms. The summed E-state index contributed by atoms with van der Waals surface area (Å²) >= 11 is 0. The summed E-state index contributed by atoms with van der Waals surface area (Å²) in [6.45, 7) is 2.16. The first-order valence-electron chi connectivity index (χ1n) is 7.18. The van der Waals surface area contributed by atoms with Crippen molar-refractivity contribution in [3.05, 3.63) is 54.1 Å². The lowest BCUT2D eigenvalue weighted by Gasteiger charge is -2.09. The van der Waals surface area contributed by atoms with Crippen LogP contribution in [0.1, 0.15) is 18.9 Å². The van der Waals surface area contributed by atoms with E-state index in [1.54, 1.807) is 0 Å². The Morgan fingerprint density at radius 3 is 2.22 bits per heavy atom. The van der Waals surface area contributed by atoms with E-state index in [9.17, 15) is 13.0 Å². The van der Waals surface area contributed by atoms with E-state index >= 15 is 0 Å². The number of aryl methyl sites for hydroxylation is 1. The predicted octanol–water partition coefficient (Wildman–Crippen LogP) is 1.00. The maximum atomic E-state index is 10.5.